The quantitative estimate of drug-likeness (QED) is 0.275. The zero-order valence-corrected chi connectivity index (χ0v) is 17.7. The molecule has 0 radical (unpaired) electrons. The maximum Gasteiger partial charge on any atom is 0.217 e. The molecule has 0 bridgehead atoms. The average Bonchev–Trinajstić information content (AvgIpc) is 3.35. The van der Waals surface area contributed by atoms with Crippen LogP contribution in [0.5, 0.6) is 0 Å². The van der Waals surface area contributed by atoms with E-state index in [9.17, 15) is 9.18 Å². The molecule has 152 valence electrons. The first-order chi connectivity index (χ1) is 14.6. The van der Waals surface area contributed by atoms with Crippen molar-refractivity contribution in [1.82, 2.24) is 10.2 Å². The third kappa shape index (κ3) is 4.77. The van der Waals surface area contributed by atoms with Crippen molar-refractivity contribution in [2.24, 2.45) is 0 Å². The summed E-state index contributed by atoms with van der Waals surface area (Å²) >= 11 is 2.97. The molecule has 0 atom stereocenters. The van der Waals surface area contributed by atoms with Crippen molar-refractivity contribution >= 4 is 51.1 Å². The number of ketones is 1. The molecule has 0 amide bonds. The van der Waals surface area contributed by atoms with Crippen molar-refractivity contribution in [3.05, 3.63) is 77.3 Å². The number of carbonyl (C=O) groups excluding carboxylic acids is 1. The number of thioether (sulfide) groups is 1. The lowest BCUT2D eigenvalue weighted by Gasteiger charge is -2.00. The van der Waals surface area contributed by atoms with Gasteiger partial charge in [0.25, 0.3) is 0 Å². The number of hydrogen-bond donors (Lipinski definition) is 1. The molecule has 2 aromatic carbocycles. The van der Waals surface area contributed by atoms with E-state index in [-0.39, 0.29) is 23.9 Å². The van der Waals surface area contributed by atoms with Gasteiger partial charge in [-0.3, -0.25) is 4.79 Å². The molecule has 4 aromatic rings. The van der Waals surface area contributed by atoms with Crippen LogP contribution in [0.15, 0.2) is 63.4 Å². The Kier molecular flexibility index (Phi) is 6.25. The lowest BCUT2D eigenvalue weighted by Crippen LogP contribution is -2.14. The van der Waals surface area contributed by atoms with Crippen molar-refractivity contribution in [3.63, 3.8) is 0 Å². The molecular weight excluding hydrogens is 421 g/mol. The Morgan fingerprint density at radius 3 is 2.90 bits per heavy atom. The summed E-state index contributed by atoms with van der Waals surface area (Å²) in [5, 5.41) is 12.4. The highest BCUT2D eigenvalue weighted by Crippen LogP contribution is 2.28. The Labute approximate surface area is 181 Å². The number of anilines is 1. The zero-order chi connectivity index (χ0) is 20.9. The number of aromatic nitrogens is 2. The van der Waals surface area contributed by atoms with E-state index in [1.807, 2.05) is 30.3 Å². The van der Waals surface area contributed by atoms with Gasteiger partial charge in [-0.1, -0.05) is 65.6 Å². The summed E-state index contributed by atoms with van der Waals surface area (Å²) in [6.45, 7) is 1.78. The molecule has 8 heteroatoms. The predicted molar refractivity (Wildman–Crippen MR) is 120 cm³/mol. The van der Waals surface area contributed by atoms with Crippen LogP contribution in [0.1, 0.15) is 21.7 Å². The topological polar surface area (TPSA) is 68.0 Å². The fourth-order valence-corrected chi connectivity index (χ4v) is 4.49. The Morgan fingerprint density at radius 1 is 1.23 bits per heavy atom. The monoisotopic (exact) mass is 439 g/mol. The van der Waals surface area contributed by atoms with Crippen molar-refractivity contribution < 1.29 is 13.6 Å². The van der Waals surface area contributed by atoms with Crippen LogP contribution in [-0.2, 0) is 0 Å². The number of aryl methyl sites for hydroxylation is 1. The summed E-state index contributed by atoms with van der Waals surface area (Å²) in [4.78, 5) is 12.5. The Balaban J connectivity index is 1.31. The Bertz CT molecular complexity index is 1200. The van der Waals surface area contributed by atoms with Gasteiger partial charge in [-0.25, -0.2) is 4.39 Å². The van der Waals surface area contributed by atoms with Gasteiger partial charge in [-0.05, 0) is 30.7 Å². The van der Waals surface area contributed by atoms with Crippen molar-refractivity contribution in [2.45, 2.75) is 11.3 Å². The molecule has 2 heterocycles. The van der Waals surface area contributed by atoms with E-state index in [1.165, 1.54) is 29.5 Å². The minimum atomic E-state index is -0.360. The van der Waals surface area contributed by atoms with E-state index < -0.39 is 0 Å². The molecule has 2 aromatic heterocycles. The van der Waals surface area contributed by atoms with Crippen LogP contribution in [0.4, 0.5) is 9.52 Å². The summed E-state index contributed by atoms with van der Waals surface area (Å²) in [5.74, 6) is 0.422. The van der Waals surface area contributed by atoms with Gasteiger partial charge in [0.1, 0.15) is 11.4 Å². The summed E-state index contributed by atoms with van der Waals surface area (Å²) in [6.07, 6.45) is 4.14. The highest BCUT2D eigenvalue weighted by atomic mass is 32.2. The second-order valence-electron chi connectivity index (χ2n) is 6.47. The molecule has 4 rings (SSSR count). The van der Waals surface area contributed by atoms with E-state index in [0.29, 0.717) is 21.7 Å². The van der Waals surface area contributed by atoms with Crippen LogP contribution in [0.25, 0.3) is 17.0 Å². The van der Waals surface area contributed by atoms with Crippen LogP contribution in [0.3, 0.4) is 0 Å². The van der Waals surface area contributed by atoms with Gasteiger partial charge in [0, 0.05) is 16.7 Å². The number of furan rings is 1. The van der Waals surface area contributed by atoms with Crippen molar-refractivity contribution in [1.29, 1.82) is 0 Å². The molecule has 0 aliphatic rings. The SMILES string of the molecule is Cc1c(C(=O)CNc2nnc(SC/C=C/c3ccccc3)s2)oc2ccc(F)cc12. The number of halogens is 1. The molecule has 0 unspecified atom stereocenters. The smallest absolute Gasteiger partial charge is 0.217 e. The van der Waals surface area contributed by atoms with Gasteiger partial charge in [-0.2, -0.15) is 0 Å². The van der Waals surface area contributed by atoms with Gasteiger partial charge >= 0.3 is 0 Å². The number of nitrogens with zero attached hydrogens (tertiary/aromatic N) is 2. The molecular formula is C22H18FN3O2S2. The molecule has 0 fully saturated rings. The average molecular weight is 440 g/mol. The Morgan fingerprint density at radius 2 is 2.07 bits per heavy atom. The second-order valence-corrected chi connectivity index (χ2v) is 8.72. The lowest BCUT2D eigenvalue weighted by atomic mass is 10.1. The highest BCUT2D eigenvalue weighted by molar-refractivity contribution is 8.01. The number of fused-ring (bicyclic) bond motifs is 1. The van der Waals surface area contributed by atoms with E-state index >= 15 is 0 Å². The lowest BCUT2D eigenvalue weighted by molar-refractivity contribution is 0.0981. The summed E-state index contributed by atoms with van der Waals surface area (Å²) in [6, 6.07) is 14.3. The number of Topliss-reactive ketones (excluding diaryl/α,β-unsaturated/α-hetero) is 1. The summed E-state index contributed by atoms with van der Waals surface area (Å²) in [7, 11) is 0. The zero-order valence-electron chi connectivity index (χ0n) is 16.1. The maximum absolute atomic E-state index is 13.4. The minimum Gasteiger partial charge on any atom is -0.453 e. The molecule has 1 N–H and O–H groups in total. The molecule has 0 aliphatic heterocycles. The van der Waals surface area contributed by atoms with Crippen LogP contribution >= 0.6 is 23.1 Å². The molecule has 0 aliphatic carbocycles. The van der Waals surface area contributed by atoms with Crippen molar-refractivity contribution in [3.8, 4) is 0 Å². The number of hydrogen-bond acceptors (Lipinski definition) is 7. The molecule has 0 saturated carbocycles. The van der Waals surface area contributed by atoms with E-state index in [1.54, 1.807) is 18.7 Å². The number of carbonyl (C=O) groups is 1. The molecule has 0 spiro atoms. The van der Waals surface area contributed by atoms with Crippen LogP contribution < -0.4 is 5.32 Å². The first-order valence-electron chi connectivity index (χ1n) is 9.24. The molecule has 30 heavy (non-hydrogen) atoms. The summed E-state index contributed by atoms with van der Waals surface area (Å²) in [5.41, 5.74) is 2.28. The number of benzene rings is 2. The standard InChI is InChI=1S/C22H18FN3O2S2/c1-14-17-12-16(23)9-10-19(17)28-20(14)18(27)13-24-21-25-26-22(30-21)29-11-5-8-15-6-3-2-4-7-15/h2-10,12H,11,13H2,1H3,(H,24,25)/b8-5+. The minimum absolute atomic E-state index is 0.0242. The normalized spacial score (nSPS) is 11.4. The first kappa shape index (κ1) is 20.3. The fraction of sp³-hybridized carbons (Fsp3) is 0.136. The largest absolute Gasteiger partial charge is 0.453 e. The van der Waals surface area contributed by atoms with Gasteiger partial charge in [-0.15, -0.1) is 10.2 Å². The molecule has 5 nitrogen and oxygen atoms in total. The van der Waals surface area contributed by atoms with Gasteiger partial charge in [0.05, 0.1) is 6.54 Å². The predicted octanol–water partition coefficient (Wildman–Crippen LogP) is 5.83. The third-order valence-electron chi connectivity index (χ3n) is 4.37. The summed E-state index contributed by atoms with van der Waals surface area (Å²) < 4.78 is 19.9. The number of nitrogens with one attached hydrogen (secondary N) is 1. The van der Waals surface area contributed by atoms with Crippen molar-refractivity contribution in [2.75, 3.05) is 17.6 Å². The van der Waals surface area contributed by atoms with E-state index in [0.717, 1.165) is 15.7 Å². The fourth-order valence-electron chi connectivity index (χ4n) is 2.90. The maximum atomic E-state index is 13.4. The van der Waals surface area contributed by atoms with E-state index in [4.69, 9.17) is 4.42 Å². The Hall–Kier alpha value is -2.97. The number of rotatable bonds is 8. The van der Waals surface area contributed by atoms with Crippen LogP contribution in [0, 0.1) is 12.7 Å². The molecule has 0 saturated heterocycles. The second kappa shape index (κ2) is 9.23. The first-order valence-corrected chi connectivity index (χ1v) is 11.0. The van der Waals surface area contributed by atoms with Crippen LogP contribution in [-0.4, -0.2) is 28.3 Å². The van der Waals surface area contributed by atoms with Crippen LogP contribution in [0.2, 0.25) is 0 Å². The van der Waals surface area contributed by atoms with Gasteiger partial charge in [0.15, 0.2) is 10.1 Å². The van der Waals surface area contributed by atoms with Gasteiger partial charge in [0.2, 0.25) is 10.9 Å². The van der Waals surface area contributed by atoms with E-state index in [2.05, 4.69) is 27.7 Å². The van der Waals surface area contributed by atoms with Gasteiger partial charge < -0.3 is 9.73 Å². The highest BCUT2D eigenvalue weighted by Gasteiger charge is 2.18. The third-order valence-corrected chi connectivity index (χ3v) is 6.34.